The smallest absolute Gasteiger partial charge is 0.323 e. The molecule has 1 aromatic heterocycles. The van der Waals surface area contributed by atoms with Crippen LogP contribution in [-0.2, 0) is 6.18 Å². The van der Waals surface area contributed by atoms with Gasteiger partial charge >= 0.3 is 17.9 Å². The molecular weight excluding hydrogens is 351 g/mol. The largest absolute Gasteiger partial charge is 0.417 e. The lowest BCUT2D eigenvalue weighted by atomic mass is 10.2. The zero-order valence-corrected chi connectivity index (χ0v) is 13.5. The van der Waals surface area contributed by atoms with Gasteiger partial charge in [0.15, 0.2) is 0 Å². The zero-order chi connectivity index (χ0) is 18.1. The van der Waals surface area contributed by atoms with Crippen LogP contribution in [0.15, 0.2) is 23.0 Å². The van der Waals surface area contributed by atoms with Crippen LogP contribution in [0, 0.1) is 0 Å². The van der Waals surface area contributed by atoms with Crippen molar-refractivity contribution < 1.29 is 18.0 Å². The van der Waals surface area contributed by atoms with Gasteiger partial charge in [-0.3, -0.25) is 0 Å². The number of carbonyl (C=O) groups excluding carboxylic acids is 1. The number of benzene rings is 1. The second-order valence-electron chi connectivity index (χ2n) is 4.70. The van der Waals surface area contributed by atoms with E-state index >= 15 is 0 Å². The van der Waals surface area contributed by atoms with Gasteiger partial charge in [-0.2, -0.15) is 17.9 Å². The minimum Gasteiger partial charge on any atom is -0.323 e. The van der Waals surface area contributed by atoms with Crippen molar-refractivity contribution in [3.63, 3.8) is 0 Å². The molecule has 0 radical (unpaired) electrons. The summed E-state index contributed by atoms with van der Waals surface area (Å²) in [5.41, 5.74) is -1.97. The molecule has 1 aromatic carbocycles. The molecule has 0 aliphatic rings. The third-order valence-corrected chi connectivity index (χ3v) is 3.61. The number of aromatic nitrogens is 4. The van der Waals surface area contributed by atoms with E-state index < -0.39 is 28.5 Å². The second-order valence-corrected chi connectivity index (χ2v) is 5.11. The molecular formula is C13H13ClF3N5O2. The molecule has 2 aromatic rings. The van der Waals surface area contributed by atoms with E-state index in [0.717, 1.165) is 18.2 Å². The molecule has 0 N–H and O–H groups in total. The Morgan fingerprint density at radius 3 is 2.38 bits per heavy atom. The van der Waals surface area contributed by atoms with Crippen LogP contribution < -0.4 is 5.69 Å². The van der Waals surface area contributed by atoms with E-state index in [0.29, 0.717) is 22.5 Å². The molecule has 11 heteroatoms. The van der Waals surface area contributed by atoms with Crippen molar-refractivity contribution in [2.24, 2.45) is 0 Å². The molecule has 0 saturated carbocycles. The molecule has 0 aliphatic heterocycles. The fraction of sp³-hybridized carbons (Fsp3) is 0.385. The van der Waals surface area contributed by atoms with Gasteiger partial charge in [-0.1, -0.05) is 11.6 Å². The lowest BCUT2D eigenvalue weighted by Crippen LogP contribution is -2.40. The van der Waals surface area contributed by atoms with Crippen LogP contribution in [-0.4, -0.2) is 43.8 Å². The lowest BCUT2D eigenvalue weighted by Gasteiger charge is -2.16. The van der Waals surface area contributed by atoms with Gasteiger partial charge in [0.25, 0.3) is 0 Å². The number of rotatable bonds is 3. The van der Waals surface area contributed by atoms with Crippen molar-refractivity contribution >= 4 is 17.6 Å². The van der Waals surface area contributed by atoms with E-state index in [-0.39, 0.29) is 5.69 Å². The molecule has 0 unspecified atom stereocenters. The number of carbonyl (C=O) groups is 1. The monoisotopic (exact) mass is 363 g/mol. The molecule has 0 saturated heterocycles. The fourth-order valence-electron chi connectivity index (χ4n) is 2.02. The summed E-state index contributed by atoms with van der Waals surface area (Å²) in [6.45, 7) is 4.18. The second kappa shape index (κ2) is 6.63. The maximum atomic E-state index is 12.7. The maximum absolute atomic E-state index is 12.7. The molecule has 1 amide bonds. The van der Waals surface area contributed by atoms with Gasteiger partial charge in [0, 0.05) is 13.1 Å². The topological polar surface area (TPSA) is 73.0 Å². The van der Waals surface area contributed by atoms with Crippen molar-refractivity contribution in [1.82, 2.24) is 24.7 Å². The molecule has 2 rings (SSSR count). The molecule has 0 spiro atoms. The van der Waals surface area contributed by atoms with Gasteiger partial charge in [-0.15, -0.1) is 4.68 Å². The van der Waals surface area contributed by atoms with Gasteiger partial charge in [0.1, 0.15) is 0 Å². The normalized spacial score (nSPS) is 11.6. The number of alkyl halides is 3. The van der Waals surface area contributed by atoms with Crippen molar-refractivity contribution in [3.8, 4) is 5.69 Å². The molecule has 0 atom stereocenters. The minimum absolute atomic E-state index is 0.0309. The Morgan fingerprint density at radius 1 is 1.25 bits per heavy atom. The first-order valence-corrected chi connectivity index (χ1v) is 7.29. The Labute approximate surface area is 139 Å². The van der Waals surface area contributed by atoms with Crippen molar-refractivity contribution in [1.29, 1.82) is 0 Å². The van der Waals surface area contributed by atoms with Gasteiger partial charge in [-0.05, 0) is 42.5 Å². The molecule has 1 heterocycles. The van der Waals surface area contributed by atoms with Crippen molar-refractivity contribution in [3.05, 3.63) is 39.3 Å². The predicted octanol–water partition coefficient (Wildman–Crippen LogP) is 2.41. The first-order chi connectivity index (χ1) is 11.2. The van der Waals surface area contributed by atoms with Gasteiger partial charge in [0.2, 0.25) is 0 Å². The van der Waals surface area contributed by atoms with E-state index in [9.17, 15) is 22.8 Å². The van der Waals surface area contributed by atoms with E-state index in [1.54, 1.807) is 13.8 Å². The Balaban J connectivity index is 2.44. The summed E-state index contributed by atoms with van der Waals surface area (Å²) in [4.78, 5) is 25.7. The summed E-state index contributed by atoms with van der Waals surface area (Å²) in [6.07, 6.45) is -4.61. The molecule has 0 fully saturated rings. The van der Waals surface area contributed by atoms with Crippen LogP contribution in [0.4, 0.5) is 18.0 Å². The standard InChI is InChI=1S/C13H13ClF3N5O2/c1-3-20(4-2)11(23)22-12(24)21(18-19-22)8-5-6-9(10(14)7-8)13(15,16)17/h5-7H,3-4H2,1-2H3. The zero-order valence-electron chi connectivity index (χ0n) is 12.7. The summed E-state index contributed by atoms with van der Waals surface area (Å²) in [6, 6.07) is 2.02. The van der Waals surface area contributed by atoms with Crippen LogP contribution >= 0.6 is 11.6 Å². The number of halogens is 4. The molecule has 130 valence electrons. The van der Waals surface area contributed by atoms with Crippen LogP contribution in [0.5, 0.6) is 0 Å². The third-order valence-electron chi connectivity index (χ3n) is 3.30. The predicted molar refractivity (Wildman–Crippen MR) is 79.3 cm³/mol. The van der Waals surface area contributed by atoms with Gasteiger partial charge in [0.05, 0.1) is 16.3 Å². The Hall–Kier alpha value is -2.36. The number of tetrazole rings is 1. The van der Waals surface area contributed by atoms with E-state index in [1.807, 2.05) is 0 Å². The van der Waals surface area contributed by atoms with Crippen molar-refractivity contribution in [2.45, 2.75) is 20.0 Å². The first kappa shape index (κ1) is 18.0. The Bertz CT molecular complexity index is 811. The third kappa shape index (κ3) is 3.28. The molecule has 0 aliphatic carbocycles. The molecule has 7 nitrogen and oxygen atoms in total. The highest BCUT2D eigenvalue weighted by atomic mass is 35.5. The van der Waals surface area contributed by atoms with Crippen LogP contribution in [0.25, 0.3) is 5.69 Å². The van der Waals surface area contributed by atoms with Crippen LogP contribution in [0.2, 0.25) is 5.02 Å². The summed E-state index contributed by atoms with van der Waals surface area (Å²) in [7, 11) is 0. The molecule has 0 bridgehead atoms. The van der Waals surface area contributed by atoms with E-state index in [4.69, 9.17) is 11.6 Å². The quantitative estimate of drug-likeness (QED) is 0.785. The molecule has 24 heavy (non-hydrogen) atoms. The van der Waals surface area contributed by atoms with E-state index in [1.165, 1.54) is 4.90 Å². The summed E-state index contributed by atoms with van der Waals surface area (Å²) in [5.74, 6) is 0. The highest BCUT2D eigenvalue weighted by molar-refractivity contribution is 6.31. The number of amides is 1. The minimum atomic E-state index is -4.61. The highest BCUT2D eigenvalue weighted by Crippen LogP contribution is 2.35. The van der Waals surface area contributed by atoms with Crippen LogP contribution in [0.3, 0.4) is 0 Å². The number of hydrogen-bond acceptors (Lipinski definition) is 4. The summed E-state index contributed by atoms with van der Waals surface area (Å²) < 4.78 is 39.4. The van der Waals surface area contributed by atoms with Gasteiger partial charge < -0.3 is 4.90 Å². The lowest BCUT2D eigenvalue weighted by molar-refractivity contribution is -0.137. The Morgan fingerprint density at radius 2 is 1.88 bits per heavy atom. The summed E-state index contributed by atoms with van der Waals surface area (Å²) >= 11 is 5.62. The van der Waals surface area contributed by atoms with Crippen LogP contribution in [0.1, 0.15) is 19.4 Å². The summed E-state index contributed by atoms with van der Waals surface area (Å²) in [5, 5.41) is 6.40. The average molecular weight is 364 g/mol. The average Bonchev–Trinajstić information content (AvgIpc) is 2.88. The SMILES string of the molecule is CCN(CC)C(=O)n1nnn(-c2ccc(C(F)(F)F)c(Cl)c2)c1=O. The fourth-order valence-corrected chi connectivity index (χ4v) is 2.30. The highest BCUT2D eigenvalue weighted by Gasteiger charge is 2.33. The van der Waals surface area contributed by atoms with Crippen molar-refractivity contribution in [2.75, 3.05) is 13.1 Å². The first-order valence-electron chi connectivity index (χ1n) is 6.92. The van der Waals surface area contributed by atoms with Gasteiger partial charge in [-0.25, -0.2) is 9.59 Å². The Kier molecular flexibility index (Phi) is 4.97. The van der Waals surface area contributed by atoms with E-state index in [2.05, 4.69) is 10.4 Å². The number of nitrogens with zero attached hydrogens (tertiary/aromatic N) is 5. The maximum Gasteiger partial charge on any atom is 0.417 e. The number of hydrogen-bond donors (Lipinski definition) is 0.